The van der Waals surface area contributed by atoms with Crippen LogP contribution in [0.5, 0.6) is 0 Å². The number of carbonyl (C=O) groups is 1. The first-order valence-electron chi connectivity index (χ1n) is 6.28. The predicted octanol–water partition coefficient (Wildman–Crippen LogP) is 1.27. The van der Waals surface area contributed by atoms with Crippen molar-refractivity contribution >= 4 is 11.7 Å². The molecule has 0 unspecified atom stereocenters. The summed E-state index contributed by atoms with van der Waals surface area (Å²) in [6, 6.07) is 1.87. The summed E-state index contributed by atoms with van der Waals surface area (Å²) in [7, 11) is 0. The molecule has 0 bridgehead atoms. The SMILES string of the molecule is Cc1cc([N+](=O)[O-])nn1CCNC(=O)c1cc(C(F)(F)F)[nH]n1. The van der Waals surface area contributed by atoms with Gasteiger partial charge in [-0.25, -0.2) is 0 Å². The van der Waals surface area contributed by atoms with Gasteiger partial charge in [0.1, 0.15) is 5.69 Å². The van der Waals surface area contributed by atoms with E-state index in [1.807, 2.05) is 0 Å². The number of aromatic amines is 1. The Bertz CT molecular complexity index is 736. The second kappa shape index (κ2) is 6.06. The Balaban J connectivity index is 1.92. The van der Waals surface area contributed by atoms with E-state index < -0.39 is 28.4 Å². The van der Waals surface area contributed by atoms with Gasteiger partial charge in [0.15, 0.2) is 5.69 Å². The standard InChI is InChI=1S/C11H11F3N6O3/c1-6-4-9(20(22)23)18-19(6)3-2-15-10(21)7-5-8(17-16-7)11(12,13)14/h4-5H,2-3H2,1H3,(H,15,21)(H,16,17). The van der Waals surface area contributed by atoms with Crippen molar-refractivity contribution in [3.8, 4) is 0 Å². The molecule has 9 nitrogen and oxygen atoms in total. The van der Waals surface area contributed by atoms with Crippen molar-refractivity contribution in [2.75, 3.05) is 6.54 Å². The fourth-order valence-corrected chi connectivity index (χ4v) is 1.76. The molecule has 0 atom stereocenters. The van der Waals surface area contributed by atoms with Gasteiger partial charge in [-0.1, -0.05) is 0 Å². The predicted molar refractivity (Wildman–Crippen MR) is 69.5 cm³/mol. The molecule has 2 rings (SSSR count). The monoisotopic (exact) mass is 332 g/mol. The summed E-state index contributed by atoms with van der Waals surface area (Å²) < 4.78 is 38.5. The van der Waals surface area contributed by atoms with Crippen molar-refractivity contribution < 1.29 is 22.9 Å². The summed E-state index contributed by atoms with van der Waals surface area (Å²) in [5.41, 5.74) is -1.01. The van der Waals surface area contributed by atoms with Gasteiger partial charge in [-0.2, -0.15) is 23.0 Å². The van der Waals surface area contributed by atoms with E-state index in [1.54, 1.807) is 12.0 Å². The lowest BCUT2D eigenvalue weighted by molar-refractivity contribution is -0.389. The Hall–Kier alpha value is -2.92. The van der Waals surface area contributed by atoms with Gasteiger partial charge in [0.2, 0.25) is 0 Å². The van der Waals surface area contributed by atoms with Crippen LogP contribution in [0.4, 0.5) is 19.0 Å². The zero-order valence-electron chi connectivity index (χ0n) is 11.7. The van der Waals surface area contributed by atoms with E-state index in [2.05, 4.69) is 15.5 Å². The third-order valence-electron chi connectivity index (χ3n) is 2.88. The second-order valence-electron chi connectivity index (χ2n) is 4.54. The van der Waals surface area contributed by atoms with Gasteiger partial charge in [0, 0.05) is 12.6 Å². The summed E-state index contributed by atoms with van der Waals surface area (Å²) in [4.78, 5) is 21.6. The number of hydrogen-bond acceptors (Lipinski definition) is 5. The van der Waals surface area contributed by atoms with Crippen LogP contribution in [-0.2, 0) is 12.7 Å². The number of aromatic nitrogens is 4. The zero-order valence-corrected chi connectivity index (χ0v) is 11.7. The van der Waals surface area contributed by atoms with Crippen LogP contribution in [0.2, 0.25) is 0 Å². The fraction of sp³-hybridized carbons (Fsp3) is 0.364. The highest BCUT2D eigenvalue weighted by atomic mass is 19.4. The zero-order chi connectivity index (χ0) is 17.2. The number of nitro groups is 1. The Morgan fingerprint density at radius 3 is 2.70 bits per heavy atom. The minimum atomic E-state index is -4.61. The molecule has 124 valence electrons. The highest BCUT2D eigenvalue weighted by Gasteiger charge is 2.33. The first-order chi connectivity index (χ1) is 10.7. The Morgan fingerprint density at radius 1 is 1.48 bits per heavy atom. The lowest BCUT2D eigenvalue weighted by atomic mass is 10.3. The number of aryl methyl sites for hydroxylation is 1. The summed E-state index contributed by atoms with van der Waals surface area (Å²) in [6.45, 7) is 1.75. The third-order valence-corrected chi connectivity index (χ3v) is 2.88. The molecule has 0 aliphatic carbocycles. The summed E-state index contributed by atoms with van der Waals surface area (Å²) in [5.74, 6) is -1.12. The number of rotatable bonds is 5. The van der Waals surface area contributed by atoms with E-state index in [1.165, 1.54) is 10.7 Å². The third kappa shape index (κ3) is 3.84. The Labute approximate surface area is 126 Å². The average Bonchev–Trinajstić information content (AvgIpc) is 3.05. The maximum absolute atomic E-state index is 12.4. The normalized spacial score (nSPS) is 11.5. The van der Waals surface area contributed by atoms with Crippen molar-refractivity contribution in [3.63, 3.8) is 0 Å². The van der Waals surface area contributed by atoms with Gasteiger partial charge in [-0.3, -0.25) is 9.89 Å². The number of H-pyrrole nitrogens is 1. The van der Waals surface area contributed by atoms with Crippen LogP contribution >= 0.6 is 0 Å². The number of halogens is 3. The minimum Gasteiger partial charge on any atom is -0.358 e. The smallest absolute Gasteiger partial charge is 0.358 e. The molecule has 2 N–H and O–H groups in total. The van der Waals surface area contributed by atoms with Gasteiger partial charge in [-0.05, 0) is 11.8 Å². The van der Waals surface area contributed by atoms with Crippen LogP contribution in [0.3, 0.4) is 0 Å². The molecule has 23 heavy (non-hydrogen) atoms. The first-order valence-corrected chi connectivity index (χ1v) is 6.28. The molecule has 0 radical (unpaired) electrons. The van der Waals surface area contributed by atoms with Gasteiger partial charge in [0.25, 0.3) is 5.91 Å². The molecule has 12 heteroatoms. The number of nitrogens with one attached hydrogen (secondary N) is 2. The fourth-order valence-electron chi connectivity index (χ4n) is 1.76. The van der Waals surface area contributed by atoms with Crippen LogP contribution < -0.4 is 5.32 Å². The largest absolute Gasteiger partial charge is 0.432 e. The van der Waals surface area contributed by atoms with E-state index in [0.29, 0.717) is 11.8 Å². The van der Waals surface area contributed by atoms with Crippen LogP contribution in [0, 0.1) is 17.0 Å². The molecular weight excluding hydrogens is 321 g/mol. The highest BCUT2D eigenvalue weighted by molar-refractivity contribution is 5.92. The summed E-state index contributed by atoms with van der Waals surface area (Å²) in [5, 5.41) is 21.7. The van der Waals surface area contributed by atoms with Gasteiger partial charge >= 0.3 is 12.0 Å². The molecule has 0 aliphatic rings. The van der Waals surface area contributed by atoms with Crippen LogP contribution in [-0.4, -0.2) is 37.4 Å². The molecule has 0 spiro atoms. The first kappa shape index (κ1) is 16.5. The number of hydrogen-bond donors (Lipinski definition) is 2. The van der Waals surface area contributed by atoms with Crippen molar-refractivity contribution in [2.45, 2.75) is 19.6 Å². The Kier molecular flexibility index (Phi) is 4.33. The van der Waals surface area contributed by atoms with Crippen molar-refractivity contribution in [1.29, 1.82) is 0 Å². The second-order valence-corrected chi connectivity index (χ2v) is 4.54. The van der Waals surface area contributed by atoms with E-state index in [4.69, 9.17) is 0 Å². The van der Waals surface area contributed by atoms with Gasteiger partial charge in [-0.15, -0.1) is 0 Å². The molecule has 0 saturated carbocycles. The van der Waals surface area contributed by atoms with Crippen LogP contribution in [0.25, 0.3) is 0 Å². The topological polar surface area (TPSA) is 119 Å². The molecular formula is C11H11F3N6O3. The van der Waals surface area contributed by atoms with Crippen molar-refractivity contribution in [2.24, 2.45) is 0 Å². The molecule has 0 aromatic carbocycles. The van der Waals surface area contributed by atoms with Gasteiger partial charge in [0.05, 0.1) is 23.4 Å². The van der Waals surface area contributed by atoms with E-state index in [0.717, 1.165) is 0 Å². The molecule has 0 aliphatic heterocycles. The summed E-state index contributed by atoms with van der Waals surface area (Å²) in [6.07, 6.45) is -4.61. The molecule has 2 aromatic rings. The highest BCUT2D eigenvalue weighted by Crippen LogP contribution is 2.27. The number of nitrogens with zero attached hydrogens (tertiary/aromatic N) is 4. The number of amides is 1. The van der Waals surface area contributed by atoms with Gasteiger partial charge < -0.3 is 15.4 Å². The van der Waals surface area contributed by atoms with E-state index in [-0.39, 0.29) is 18.9 Å². The quantitative estimate of drug-likeness (QED) is 0.631. The molecule has 2 aromatic heterocycles. The molecule has 0 saturated heterocycles. The minimum absolute atomic E-state index is 0.0206. The maximum atomic E-state index is 12.4. The van der Waals surface area contributed by atoms with Crippen molar-refractivity contribution in [1.82, 2.24) is 25.3 Å². The number of carbonyl (C=O) groups excluding carboxylic acids is 1. The van der Waals surface area contributed by atoms with Crippen molar-refractivity contribution in [3.05, 3.63) is 39.3 Å². The molecule has 1 amide bonds. The number of alkyl halides is 3. The Morgan fingerprint density at radius 2 is 2.17 bits per heavy atom. The lowest BCUT2D eigenvalue weighted by Crippen LogP contribution is -2.28. The molecule has 2 heterocycles. The van der Waals surface area contributed by atoms with E-state index >= 15 is 0 Å². The van der Waals surface area contributed by atoms with E-state index in [9.17, 15) is 28.1 Å². The maximum Gasteiger partial charge on any atom is 0.432 e. The average molecular weight is 332 g/mol. The molecule has 0 fully saturated rings. The van der Waals surface area contributed by atoms with Crippen LogP contribution in [0.1, 0.15) is 21.9 Å². The summed E-state index contributed by atoms with van der Waals surface area (Å²) >= 11 is 0. The lowest BCUT2D eigenvalue weighted by Gasteiger charge is -2.02. The van der Waals surface area contributed by atoms with Crippen LogP contribution in [0.15, 0.2) is 12.1 Å².